The number of carboxylic acid groups (broad SMARTS) is 1. The maximum Gasteiger partial charge on any atom is 0.342 e. The summed E-state index contributed by atoms with van der Waals surface area (Å²) in [7, 11) is 0. The van der Waals surface area contributed by atoms with Gasteiger partial charge in [0.25, 0.3) is 0 Å². The lowest BCUT2D eigenvalue weighted by Crippen LogP contribution is -2.09. The van der Waals surface area contributed by atoms with Crippen molar-refractivity contribution < 1.29 is 28.9 Å². The van der Waals surface area contributed by atoms with Gasteiger partial charge >= 0.3 is 11.9 Å². The fourth-order valence-corrected chi connectivity index (χ4v) is 4.88. The minimum absolute atomic E-state index is 0.00690. The van der Waals surface area contributed by atoms with Gasteiger partial charge in [-0.15, -0.1) is 0 Å². The number of carbonyl (C=O) groups excluding carboxylic acids is 1. The van der Waals surface area contributed by atoms with E-state index in [9.17, 15) is 14.7 Å². The summed E-state index contributed by atoms with van der Waals surface area (Å²) in [5, 5.41) is 9.31. The molecule has 10 nitrogen and oxygen atoms in total. The van der Waals surface area contributed by atoms with Gasteiger partial charge in [-0.05, 0) is 96.7 Å². The highest BCUT2D eigenvalue weighted by molar-refractivity contribution is 5.93. The van der Waals surface area contributed by atoms with Gasteiger partial charge in [0, 0.05) is 11.4 Å². The first-order chi connectivity index (χ1) is 21.7. The zero-order valence-corrected chi connectivity index (χ0v) is 27.4. The number of aromatic nitrogens is 2. The molecule has 0 amide bonds. The summed E-state index contributed by atoms with van der Waals surface area (Å²) < 4.78 is 16.8. The molecular formula is C36H36N4O6. The monoisotopic (exact) mass is 620 g/mol. The van der Waals surface area contributed by atoms with E-state index in [0.717, 1.165) is 33.4 Å². The van der Waals surface area contributed by atoms with E-state index >= 15 is 0 Å². The van der Waals surface area contributed by atoms with Crippen LogP contribution >= 0.6 is 0 Å². The highest BCUT2D eigenvalue weighted by Crippen LogP contribution is 2.35. The summed E-state index contributed by atoms with van der Waals surface area (Å²) >= 11 is 0. The predicted molar refractivity (Wildman–Crippen MR) is 175 cm³/mol. The van der Waals surface area contributed by atoms with Gasteiger partial charge in [0.15, 0.2) is 0 Å². The van der Waals surface area contributed by atoms with Gasteiger partial charge in [-0.3, -0.25) is 0 Å². The third kappa shape index (κ3) is 8.04. The summed E-state index contributed by atoms with van der Waals surface area (Å²) in [5.41, 5.74) is 7.47. The minimum Gasteiger partial charge on any atom is -0.478 e. The second kappa shape index (κ2) is 14.8. The number of hydrogen-bond acceptors (Lipinski definition) is 7. The van der Waals surface area contributed by atoms with E-state index in [1.165, 1.54) is 12.1 Å². The smallest absolute Gasteiger partial charge is 0.342 e. The number of esters is 1. The normalized spacial score (nSPS) is 10.2. The number of nitrogens with zero attached hydrogens (tertiary/aromatic N) is 4. The summed E-state index contributed by atoms with van der Waals surface area (Å²) in [6, 6.07) is 10.7. The molecule has 0 saturated carbocycles. The molecule has 236 valence electrons. The van der Waals surface area contributed by atoms with E-state index in [4.69, 9.17) is 27.4 Å². The van der Waals surface area contributed by atoms with Crippen LogP contribution in [0.4, 0.5) is 11.4 Å². The molecule has 0 aliphatic heterocycles. The van der Waals surface area contributed by atoms with Crippen LogP contribution in [0.1, 0.15) is 72.4 Å². The van der Waals surface area contributed by atoms with Crippen LogP contribution in [0, 0.1) is 68.5 Å². The third-order valence-corrected chi connectivity index (χ3v) is 6.88. The molecule has 0 aliphatic carbocycles. The molecular weight excluding hydrogens is 584 g/mol. The van der Waals surface area contributed by atoms with E-state index in [1.54, 1.807) is 20.8 Å². The summed E-state index contributed by atoms with van der Waals surface area (Å²) in [5.74, 6) is -0.299. The SMILES string of the molecule is [C-]#[N+]c1cc(C(=O)O)c(Oc2c(C)cc(C)cc2C)nc1C.[C-]#[N+]c1cc(C(=O)OCC)c(Oc2c(C)cc(C)cc2C)nc1C. The lowest BCUT2D eigenvalue weighted by Gasteiger charge is -2.15. The molecule has 10 heteroatoms. The average Bonchev–Trinajstić information content (AvgIpc) is 2.97. The first-order valence-corrected chi connectivity index (χ1v) is 14.4. The summed E-state index contributed by atoms with van der Waals surface area (Å²) in [6.45, 7) is 31.3. The predicted octanol–water partition coefficient (Wildman–Crippen LogP) is 9.19. The molecule has 0 aliphatic rings. The number of benzene rings is 2. The Labute approximate surface area is 269 Å². The van der Waals surface area contributed by atoms with Gasteiger partial charge in [-0.1, -0.05) is 35.4 Å². The highest BCUT2D eigenvalue weighted by atomic mass is 16.5. The number of aromatic carboxylic acids is 1. The van der Waals surface area contributed by atoms with Crippen molar-refractivity contribution in [1.29, 1.82) is 0 Å². The van der Waals surface area contributed by atoms with Gasteiger partial charge in [-0.25, -0.2) is 29.2 Å². The number of carbonyl (C=O) groups is 2. The van der Waals surface area contributed by atoms with E-state index in [0.29, 0.717) is 28.6 Å². The number of ether oxygens (including phenoxy) is 3. The Morgan fingerprint density at radius 3 is 1.39 bits per heavy atom. The van der Waals surface area contributed by atoms with Crippen molar-refractivity contribution in [3.63, 3.8) is 0 Å². The standard InChI is InChI=1S/C19H20N2O3.C17H16N2O3/c1-7-23-19(22)15-10-16(20-6)14(5)21-18(15)24-17-12(3)8-11(2)9-13(17)4;1-9-6-10(2)15(11(3)7-9)22-16-13(17(20)21)8-14(18-5)12(4)19-16/h8-10H,7H2,1-5H3;6-8H,1-4H3,(H,20,21). The second-order valence-corrected chi connectivity index (χ2v) is 10.8. The first kappa shape index (κ1) is 34.7. The van der Waals surface area contributed by atoms with Crippen LogP contribution in [0.25, 0.3) is 9.69 Å². The lowest BCUT2D eigenvalue weighted by atomic mass is 10.1. The van der Waals surface area contributed by atoms with E-state index in [1.807, 2.05) is 65.8 Å². The van der Waals surface area contributed by atoms with Crippen molar-refractivity contribution in [1.82, 2.24) is 9.97 Å². The summed E-state index contributed by atoms with van der Waals surface area (Å²) in [4.78, 5) is 38.7. The molecule has 2 heterocycles. The molecule has 0 atom stereocenters. The Bertz CT molecular complexity index is 1870. The molecule has 0 unspecified atom stereocenters. The van der Waals surface area contributed by atoms with Gasteiger partial charge in [-0.2, -0.15) is 0 Å². The molecule has 0 radical (unpaired) electrons. The average molecular weight is 621 g/mol. The first-order valence-electron chi connectivity index (χ1n) is 14.4. The Morgan fingerprint density at radius 2 is 1.04 bits per heavy atom. The zero-order valence-electron chi connectivity index (χ0n) is 27.4. The highest BCUT2D eigenvalue weighted by Gasteiger charge is 2.21. The largest absolute Gasteiger partial charge is 0.478 e. The minimum atomic E-state index is -1.17. The molecule has 46 heavy (non-hydrogen) atoms. The number of carboxylic acids is 1. The fraction of sp³-hybridized carbons (Fsp3) is 0.278. The summed E-state index contributed by atoms with van der Waals surface area (Å²) in [6.07, 6.45) is 0. The van der Waals surface area contributed by atoms with Gasteiger partial charge in [0.1, 0.15) is 22.6 Å². The molecule has 4 rings (SSSR count). The van der Waals surface area contributed by atoms with Crippen molar-refractivity contribution in [3.8, 4) is 23.3 Å². The van der Waals surface area contributed by atoms with Crippen molar-refractivity contribution >= 4 is 23.3 Å². The van der Waals surface area contributed by atoms with Gasteiger partial charge in [0.05, 0.1) is 19.8 Å². The van der Waals surface area contributed by atoms with Crippen LogP contribution in [0.5, 0.6) is 23.3 Å². The Balaban J connectivity index is 0.000000251. The van der Waals surface area contributed by atoms with Crippen LogP contribution in [-0.4, -0.2) is 33.6 Å². The fourth-order valence-electron chi connectivity index (χ4n) is 4.88. The van der Waals surface area contributed by atoms with Crippen molar-refractivity contribution in [3.05, 3.63) is 115 Å². The number of aryl methyl sites for hydroxylation is 8. The maximum atomic E-state index is 12.2. The van der Waals surface area contributed by atoms with Crippen LogP contribution < -0.4 is 9.47 Å². The molecule has 0 spiro atoms. The molecule has 4 aromatic rings. The Morgan fingerprint density at radius 1 is 0.674 bits per heavy atom. The van der Waals surface area contributed by atoms with Crippen molar-refractivity contribution in [2.75, 3.05) is 6.61 Å². The second-order valence-electron chi connectivity index (χ2n) is 10.8. The van der Waals surface area contributed by atoms with Crippen LogP contribution in [0.15, 0.2) is 36.4 Å². The van der Waals surface area contributed by atoms with E-state index in [2.05, 4.69) is 19.7 Å². The maximum absolute atomic E-state index is 12.2. The van der Waals surface area contributed by atoms with Crippen molar-refractivity contribution in [2.45, 2.75) is 62.3 Å². The molecule has 0 saturated heterocycles. The van der Waals surface area contributed by atoms with Gasteiger partial charge in [0.2, 0.25) is 23.1 Å². The molecule has 0 bridgehead atoms. The quantitative estimate of drug-likeness (QED) is 0.161. The van der Waals surface area contributed by atoms with Crippen LogP contribution in [0.3, 0.4) is 0 Å². The van der Waals surface area contributed by atoms with Crippen LogP contribution in [0.2, 0.25) is 0 Å². The molecule has 2 aromatic carbocycles. The van der Waals surface area contributed by atoms with Crippen molar-refractivity contribution in [2.24, 2.45) is 0 Å². The number of hydrogen-bond donors (Lipinski definition) is 1. The van der Waals surface area contributed by atoms with Gasteiger partial charge < -0.3 is 19.3 Å². The van der Waals surface area contributed by atoms with Crippen LogP contribution in [-0.2, 0) is 4.74 Å². The number of rotatable bonds is 7. The van der Waals surface area contributed by atoms with E-state index in [-0.39, 0.29) is 35.2 Å². The van der Waals surface area contributed by atoms with E-state index < -0.39 is 11.9 Å². The third-order valence-electron chi connectivity index (χ3n) is 6.88. The topological polar surface area (TPSA) is 117 Å². The molecule has 1 N–H and O–H groups in total. The molecule has 0 fully saturated rings. The Kier molecular flexibility index (Phi) is 11.2. The zero-order chi connectivity index (χ0) is 34.3. The lowest BCUT2D eigenvalue weighted by molar-refractivity contribution is 0.0522. The molecule has 2 aromatic heterocycles. The Hall–Kier alpha value is -5.74. The number of pyridine rings is 2.